The van der Waals surface area contributed by atoms with Crippen LogP contribution >= 0.6 is 0 Å². The maximum absolute atomic E-state index is 2.67. The molecule has 0 saturated heterocycles. The van der Waals surface area contributed by atoms with E-state index in [1.165, 1.54) is 128 Å². The van der Waals surface area contributed by atoms with Crippen molar-refractivity contribution in [3.05, 3.63) is 218 Å². The minimum Gasteiger partial charge on any atom is -0.310 e. The number of fused-ring (bicyclic) bond motifs is 16. The lowest BCUT2D eigenvalue weighted by Gasteiger charge is -2.36. The highest BCUT2D eigenvalue weighted by Crippen LogP contribution is 2.67. The lowest BCUT2D eigenvalue weighted by atomic mass is 9.67. The van der Waals surface area contributed by atoms with Gasteiger partial charge in [0.25, 0.3) is 0 Å². The third-order valence-corrected chi connectivity index (χ3v) is 17.7. The molecule has 12 rings (SSSR count). The van der Waals surface area contributed by atoms with Crippen LogP contribution in [0.4, 0.5) is 17.1 Å². The first kappa shape index (κ1) is 46.6. The Balaban J connectivity index is 1.24. The maximum atomic E-state index is 2.67. The summed E-state index contributed by atoms with van der Waals surface area (Å²) >= 11 is 0. The third kappa shape index (κ3) is 6.44. The summed E-state index contributed by atoms with van der Waals surface area (Å²) in [6, 6.07) is 60.6. The van der Waals surface area contributed by atoms with Gasteiger partial charge in [0, 0.05) is 27.8 Å². The zero-order valence-electron chi connectivity index (χ0n) is 45.9. The van der Waals surface area contributed by atoms with Crippen molar-refractivity contribution in [2.75, 3.05) is 4.90 Å². The van der Waals surface area contributed by atoms with E-state index in [9.17, 15) is 0 Å². The van der Waals surface area contributed by atoms with E-state index < -0.39 is 5.41 Å². The highest BCUT2D eigenvalue weighted by molar-refractivity contribution is 6.02. The predicted octanol–water partition coefficient (Wildman–Crippen LogP) is 19.3. The lowest BCUT2D eigenvalue weighted by Crippen LogP contribution is -2.29. The standard InChI is InChI=1S/C71H73N/c1-65(2,3)42-25-30-52-53-31-26-43(66(4,5)6)36-60(53)71(59(52)35-42)61-37-44(67(7,8)9)27-32-54(61)64-62(71)38-45(68(10,11)12)39-63(64)72(46-28-33-50-48-21-17-19-23-55(48)69(13,14)57(50)40-46)47-29-34-51-49-22-18-20-24-56(49)70(15,16)58(51)41-47/h17-41H,1-16H3. The van der Waals surface area contributed by atoms with Crippen molar-refractivity contribution < 1.29 is 0 Å². The van der Waals surface area contributed by atoms with Crippen LogP contribution < -0.4 is 4.90 Å². The van der Waals surface area contributed by atoms with Gasteiger partial charge in [0.05, 0.1) is 11.1 Å². The second-order valence-electron chi connectivity index (χ2n) is 27.1. The molecule has 0 radical (unpaired) electrons. The molecule has 0 unspecified atom stereocenters. The van der Waals surface area contributed by atoms with Gasteiger partial charge < -0.3 is 4.90 Å². The van der Waals surface area contributed by atoms with Crippen molar-refractivity contribution in [1.29, 1.82) is 0 Å². The topological polar surface area (TPSA) is 3.24 Å². The highest BCUT2D eigenvalue weighted by atomic mass is 15.1. The normalized spacial score (nSPS) is 16.1. The van der Waals surface area contributed by atoms with Crippen molar-refractivity contribution in [2.24, 2.45) is 0 Å². The minimum absolute atomic E-state index is 0.0453. The summed E-state index contributed by atoms with van der Waals surface area (Å²) in [6.07, 6.45) is 0. The highest BCUT2D eigenvalue weighted by Gasteiger charge is 2.54. The van der Waals surface area contributed by atoms with Crippen LogP contribution in [-0.2, 0) is 37.9 Å². The molecular formula is C71H73N. The van der Waals surface area contributed by atoms with Crippen LogP contribution in [0.2, 0.25) is 0 Å². The van der Waals surface area contributed by atoms with Gasteiger partial charge in [-0.05, 0) is 158 Å². The van der Waals surface area contributed by atoms with E-state index in [0.29, 0.717) is 0 Å². The predicted molar refractivity (Wildman–Crippen MR) is 307 cm³/mol. The summed E-state index contributed by atoms with van der Waals surface area (Å²) in [5.74, 6) is 0. The van der Waals surface area contributed by atoms with Crippen LogP contribution in [0.15, 0.2) is 152 Å². The second-order valence-corrected chi connectivity index (χ2v) is 27.1. The molecule has 1 spiro atoms. The van der Waals surface area contributed by atoms with Crippen molar-refractivity contribution in [1.82, 2.24) is 0 Å². The van der Waals surface area contributed by atoms with E-state index in [0.717, 1.165) is 0 Å². The van der Waals surface area contributed by atoms with Crippen molar-refractivity contribution in [3.8, 4) is 44.5 Å². The fourth-order valence-electron chi connectivity index (χ4n) is 13.4. The molecule has 0 atom stereocenters. The summed E-state index contributed by atoms with van der Waals surface area (Å²) in [4.78, 5) is 2.67. The number of nitrogens with zero attached hydrogens (tertiary/aromatic N) is 1. The molecule has 362 valence electrons. The van der Waals surface area contributed by atoms with Gasteiger partial charge in [-0.15, -0.1) is 0 Å². The number of hydrogen-bond donors (Lipinski definition) is 0. The largest absolute Gasteiger partial charge is 0.310 e. The second kappa shape index (κ2) is 14.8. The number of benzene rings is 8. The maximum Gasteiger partial charge on any atom is 0.0726 e. The van der Waals surface area contributed by atoms with Gasteiger partial charge >= 0.3 is 0 Å². The van der Waals surface area contributed by atoms with Crippen molar-refractivity contribution in [3.63, 3.8) is 0 Å². The van der Waals surface area contributed by atoms with Crippen LogP contribution in [0.25, 0.3) is 44.5 Å². The Morgan fingerprint density at radius 2 is 0.625 bits per heavy atom. The summed E-state index contributed by atoms with van der Waals surface area (Å²) < 4.78 is 0. The van der Waals surface area contributed by atoms with Gasteiger partial charge in [-0.1, -0.05) is 232 Å². The van der Waals surface area contributed by atoms with Gasteiger partial charge in [-0.2, -0.15) is 0 Å². The third-order valence-electron chi connectivity index (χ3n) is 17.7. The summed E-state index contributed by atoms with van der Waals surface area (Å²) in [5.41, 5.74) is 29.6. The average molecular weight is 940 g/mol. The van der Waals surface area contributed by atoms with Crippen LogP contribution in [0.3, 0.4) is 0 Å². The molecule has 0 aromatic heterocycles. The van der Waals surface area contributed by atoms with E-state index in [2.05, 4.69) is 267 Å². The molecule has 4 aliphatic rings. The molecule has 1 nitrogen and oxygen atoms in total. The molecule has 72 heavy (non-hydrogen) atoms. The monoisotopic (exact) mass is 940 g/mol. The van der Waals surface area contributed by atoms with Crippen LogP contribution in [0.5, 0.6) is 0 Å². The molecule has 8 aromatic carbocycles. The first-order valence-electron chi connectivity index (χ1n) is 26.7. The Morgan fingerprint density at radius 1 is 0.292 bits per heavy atom. The van der Waals surface area contributed by atoms with Crippen molar-refractivity contribution in [2.45, 2.75) is 149 Å². The first-order valence-corrected chi connectivity index (χ1v) is 26.7. The fraction of sp³-hybridized carbons (Fsp3) is 0.324. The van der Waals surface area contributed by atoms with Crippen LogP contribution in [-0.4, -0.2) is 0 Å². The number of rotatable bonds is 3. The molecular weight excluding hydrogens is 867 g/mol. The quantitative estimate of drug-likeness (QED) is 0.171. The van der Waals surface area contributed by atoms with Crippen molar-refractivity contribution >= 4 is 17.1 Å². The van der Waals surface area contributed by atoms with E-state index >= 15 is 0 Å². The molecule has 1 heteroatoms. The molecule has 0 bridgehead atoms. The van der Waals surface area contributed by atoms with E-state index in [1.807, 2.05) is 0 Å². The number of anilines is 3. The molecule has 0 saturated carbocycles. The number of hydrogen-bond acceptors (Lipinski definition) is 1. The Bertz CT molecular complexity index is 3440. The van der Waals surface area contributed by atoms with Gasteiger partial charge in [-0.25, -0.2) is 0 Å². The van der Waals surface area contributed by atoms with Crippen LogP contribution in [0, 0.1) is 0 Å². The Hall–Kier alpha value is -6.44. The Labute approximate surface area is 431 Å². The van der Waals surface area contributed by atoms with Gasteiger partial charge in [0.15, 0.2) is 0 Å². The van der Waals surface area contributed by atoms with Crippen LogP contribution in [0.1, 0.15) is 178 Å². The Kier molecular flexibility index (Phi) is 9.61. The zero-order chi connectivity index (χ0) is 51.0. The minimum atomic E-state index is -0.579. The molecule has 8 aromatic rings. The summed E-state index contributed by atoms with van der Waals surface area (Å²) in [6.45, 7) is 38.2. The van der Waals surface area contributed by atoms with E-state index in [4.69, 9.17) is 0 Å². The smallest absolute Gasteiger partial charge is 0.0726 e. The van der Waals surface area contributed by atoms with Gasteiger partial charge in [0.1, 0.15) is 0 Å². The molecule has 0 amide bonds. The zero-order valence-corrected chi connectivity index (χ0v) is 45.9. The molecule has 0 heterocycles. The molecule has 0 fully saturated rings. The van der Waals surface area contributed by atoms with Gasteiger partial charge in [-0.3, -0.25) is 0 Å². The molecule has 0 N–H and O–H groups in total. The first-order chi connectivity index (χ1) is 33.7. The summed E-state index contributed by atoms with van der Waals surface area (Å²) in [7, 11) is 0. The van der Waals surface area contributed by atoms with E-state index in [-0.39, 0.29) is 32.5 Å². The SMILES string of the molecule is CC(C)(C)c1ccc2c(c1)C1(c3cc(C(C)(C)C)ccc3-2)c2cc(C(C)(C)C)ccc2-c2c(N(c3ccc4c(c3)C(C)(C)c3ccccc3-4)c3ccc4c(c3)C(C)(C)c3ccccc3-4)cc(C(C)(C)C)cc21. The average Bonchev–Trinajstić information content (AvgIpc) is 3.95. The van der Waals surface area contributed by atoms with E-state index in [1.54, 1.807) is 0 Å². The molecule has 4 aliphatic carbocycles. The lowest BCUT2D eigenvalue weighted by molar-refractivity contribution is 0.582. The molecule has 0 aliphatic heterocycles. The van der Waals surface area contributed by atoms with Gasteiger partial charge in [0.2, 0.25) is 0 Å². The fourth-order valence-corrected chi connectivity index (χ4v) is 13.4. The summed E-state index contributed by atoms with van der Waals surface area (Å²) in [5, 5.41) is 0. The Morgan fingerprint density at radius 3 is 1.04 bits per heavy atom.